The molecule has 3 nitrogen and oxygen atoms in total. The maximum atomic E-state index is 11.7. The molecule has 15 heavy (non-hydrogen) atoms. The van der Waals surface area contributed by atoms with Crippen LogP contribution in [0, 0.1) is 5.92 Å². The van der Waals surface area contributed by atoms with Gasteiger partial charge in [0.15, 0.2) is 5.78 Å². The summed E-state index contributed by atoms with van der Waals surface area (Å²) < 4.78 is 4.93. The van der Waals surface area contributed by atoms with Crippen LogP contribution in [-0.2, 0) is 16.0 Å². The van der Waals surface area contributed by atoms with Gasteiger partial charge in [-0.05, 0) is 24.8 Å². The fourth-order valence-corrected chi connectivity index (χ4v) is 2.78. The quantitative estimate of drug-likeness (QED) is 0.722. The molecule has 2 rings (SSSR count). The van der Waals surface area contributed by atoms with Crippen molar-refractivity contribution >= 4 is 23.1 Å². The summed E-state index contributed by atoms with van der Waals surface area (Å²) in [5.74, 6) is -0.455. The number of Topliss-reactive ketones (excluding diaryl/α,β-unsaturated/α-hetero) is 1. The molecular weight excluding hydrogens is 212 g/mol. The van der Waals surface area contributed by atoms with Gasteiger partial charge in [-0.3, -0.25) is 9.59 Å². The predicted molar refractivity (Wildman–Crippen MR) is 57.1 cm³/mol. The Hall–Kier alpha value is -1.16. The fraction of sp³-hybridized carbons (Fsp3) is 0.455. The van der Waals surface area contributed by atoms with Gasteiger partial charge in [-0.25, -0.2) is 0 Å². The summed E-state index contributed by atoms with van der Waals surface area (Å²) in [4.78, 5) is 24.2. The largest absolute Gasteiger partial charge is 0.466 e. The van der Waals surface area contributed by atoms with Crippen LogP contribution in [0.2, 0.25) is 0 Å². The van der Waals surface area contributed by atoms with Crippen molar-refractivity contribution in [2.45, 2.75) is 19.8 Å². The topological polar surface area (TPSA) is 43.4 Å². The highest BCUT2D eigenvalue weighted by Gasteiger charge is 2.31. The van der Waals surface area contributed by atoms with Crippen LogP contribution in [0.25, 0.3) is 0 Å². The molecule has 0 saturated carbocycles. The Morgan fingerprint density at radius 1 is 1.60 bits per heavy atom. The molecule has 0 bridgehead atoms. The average molecular weight is 224 g/mol. The first-order valence-electron chi connectivity index (χ1n) is 4.98. The van der Waals surface area contributed by atoms with Crippen LogP contribution < -0.4 is 0 Å². The summed E-state index contributed by atoms with van der Waals surface area (Å²) >= 11 is 1.54. The van der Waals surface area contributed by atoms with Crippen LogP contribution in [0.1, 0.15) is 28.6 Å². The molecule has 1 atom stereocenters. The van der Waals surface area contributed by atoms with Crippen LogP contribution in [0.5, 0.6) is 0 Å². The second kappa shape index (κ2) is 4.14. The Balaban J connectivity index is 2.16. The highest BCUT2D eigenvalue weighted by molar-refractivity contribution is 7.10. The van der Waals surface area contributed by atoms with Gasteiger partial charge >= 0.3 is 5.97 Å². The van der Waals surface area contributed by atoms with E-state index in [2.05, 4.69) is 0 Å². The third kappa shape index (κ3) is 1.95. The first-order chi connectivity index (χ1) is 7.22. The summed E-state index contributed by atoms with van der Waals surface area (Å²) in [5.41, 5.74) is 0.792. The number of rotatable bonds is 2. The Morgan fingerprint density at radius 2 is 2.40 bits per heavy atom. The van der Waals surface area contributed by atoms with E-state index in [9.17, 15) is 9.59 Å². The lowest BCUT2D eigenvalue weighted by atomic mass is 9.88. The van der Waals surface area contributed by atoms with Gasteiger partial charge in [0.2, 0.25) is 0 Å². The van der Waals surface area contributed by atoms with Crippen molar-refractivity contribution in [1.82, 2.24) is 0 Å². The van der Waals surface area contributed by atoms with Gasteiger partial charge in [0.05, 0.1) is 12.5 Å². The zero-order valence-corrected chi connectivity index (χ0v) is 9.30. The molecule has 1 heterocycles. The lowest BCUT2D eigenvalue weighted by molar-refractivity contribution is -0.148. The van der Waals surface area contributed by atoms with Gasteiger partial charge in [-0.1, -0.05) is 0 Å². The van der Waals surface area contributed by atoms with Gasteiger partial charge in [0.1, 0.15) is 0 Å². The van der Waals surface area contributed by atoms with Crippen molar-refractivity contribution in [3.63, 3.8) is 0 Å². The van der Waals surface area contributed by atoms with Gasteiger partial charge in [-0.15, -0.1) is 11.3 Å². The molecule has 1 aromatic heterocycles. The summed E-state index contributed by atoms with van der Waals surface area (Å²) in [6.45, 7) is 2.15. The van der Waals surface area contributed by atoms with E-state index < -0.39 is 0 Å². The SMILES string of the molecule is CCOC(=O)C1CC(=O)c2ccsc2C1. The van der Waals surface area contributed by atoms with Gasteiger partial charge in [-0.2, -0.15) is 0 Å². The number of carbonyl (C=O) groups is 2. The van der Waals surface area contributed by atoms with Crippen molar-refractivity contribution in [2.24, 2.45) is 5.92 Å². The Morgan fingerprint density at radius 3 is 3.13 bits per heavy atom. The monoisotopic (exact) mass is 224 g/mol. The smallest absolute Gasteiger partial charge is 0.309 e. The number of carbonyl (C=O) groups excluding carboxylic acids is 2. The maximum absolute atomic E-state index is 11.7. The van der Waals surface area contributed by atoms with E-state index in [1.165, 1.54) is 11.3 Å². The van der Waals surface area contributed by atoms with Crippen LogP contribution in [-0.4, -0.2) is 18.4 Å². The zero-order chi connectivity index (χ0) is 10.8. The summed E-state index contributed by atoms with van der Waals surface area (Å²) in [6.07, 6.45) is 0.945. The first-order valence-corrected chi connectivity index (χ1v) is 5.86. The molecular formula is C11H12O3S. The number of thiophene rings is 1. The molecule has 80 valence electrons. The normalized spacial score (nSPS) is 19.8. The molecule has 1 aliphatic carbocycles. The van der Waals surface area contributed by atoms with E-state index >= 15 is 0 Å². The number of hydrogen-bond acceptors (Lipinski definition) is 4. The fourth-order valence-electron chi connectivity index (χ4n) is 1.80. The molecule has 0 fully saturated rings. The van der Waals surface area contributed by atoms with E-state index in [0.717, 1.165) is 10.4 Å². The Labute approximate surface area is 92.1 Å². The molecule has 0 spiro atoms. The lowest BCUT2D eigenvalue weighted by Crippen LogP contribution is -2.27. The number of hydrogen-bond donors (Lipinski definition) is 0. The predicted octanol–water partition coefficient (Wildman–Crippen LogP) is 2.06. The second-order valence-electron chi connectivity index (χ2n) is 3.54. The maximum Gasteiger partial charge on any atom is 0.309 e. The second-order valence-corrected chi connectivity index (χ2v) is 4.54. The van der Waals surface area contributed by atoms with Gasteiger partial charge in [0.25, 0.3) is 0 Å². The van der Waals surface area contributed by atoms with Crippen LogP contribution >= 0.6 is 11.3 Å². The van der Waals surface area contributed by atoms with E-state index in [1.54, 1.807) is 6.92 Å². The van der Waals surface area contributed by atoms with Crippen molar-refractivity contribution in [1.29, 1.82) is 0 Å². The number of fused-ring (bicyclic) bond motifs is 1. The van der Waals surface area contributed by atoms with E-state index in [4.69, 9.17) is 4.74 Å². The minimum absolute atomic E-state index is 0.0653. The molecule has 0 aliphatic heterocycles. The molecule has 0 N–H and O–H groups in total. The van der Waals surface area contributed by atoms with Gasteiger partial charge < -0.3 is 4.74 Å². The van der Waals surface area contributed by atoms with Crippen LogP contribution in [0.4, 0.5) is 0 Å². The summed E-state index contributed by atoms with van der Waals surface area (Å²) in [5, 5.41) is 1.90. The zero-order valence-electron chi connectivity index (χ0n) is 8.49. The third-order valence-electron chi connectivity index (χ3n) is 2.53. The minimum atomic E-state index is -0.274. The highest BCUT2D eigenvalue weighted by Crippen LogP contribution is 2.30. The third-order valence-corrected chi connectivity index (χ3v) is 3.47. The lowest BCUT2D eigenvalue weighted by Gasteiger charge is -2.19. The van der Waals surface area contributed by atoms with Gasteiger partial charge in [0, 0.05) is 16.9 Å². The molecule has 0 amide bonds. The average Bonchev–Trinajstić information content (AvgIpc) is 2.66. The first kappa shape index (κ1) is 10.4. The minimum Gasteiger partial charge on any atom is -0.466 e. The Bertz CT molecular complexity index is 394. The standard InChI is InChI=1S/C11H12O3S/c1-2-14-11(13)7-5-9(12)8-3-4-15-10(8)6-7/h3-4,7H,2,5-6H2,1H3. The summed E-state index contributed by atoms with van der Waals surface area (Å²) in [7, 11) is 0. The Kier molecular flexibility index (Phi) is 2.86. The van der Waals surface area contributed by atoms with Crippen LogP contribution in [0.15, 0.2) is 11.4 Å². The molecule has 0 aromatic carbocycles. The van der Waals surface area contributed by atoms with Crippen molar-refractivity contribution in [3.05, 3.63) is 21.9 Å². The van der Waals surface area contributed by atoms with Crippen molar-refractivity contribution < 1.29 is 14.3 Å². The molecule has 1 aromatic rings. The van der Waals surface area contributed by atoms with E-state index in [1.807, 2.05) is 11.4 Å². The summed E-state index contributed by atoms with van der Waals surface area (Å²) in [6, 6.07) is 1.84. The molecule has 0 saturated heterocycles. The van der Waals surface area contributed by atoms with Crippen molar-refractivity contribution in [3.8, 4) is 0 Å². The number of esters is 1. The van der Waals surface area contributed by atoms with Crippen molar-refractivity contribution in [2.75, 3.05) is 6.61 Å². The molecule has 0 radical (unpaired) electrons. The van der Waals surface area contributed by atoms with Crippen LogP contribution in [0.3, 0.4) is 0 Å². The number of ether oxygens (including phenoxy) is 1. The molecule has 1 unspecified atom stereocenters. The molecule has 1 aliphatic rings. The van der Waals surface area contributed by atoms with E-state index in [0.29, 0.717) is 19.4 Å². The van der Waals surface area contributed by atoms with E-state index in [-0.39, 0.29) is 17.7 Å². The highest BCUT2D eigenvalue weighted by atomic mass is 32.1. The molecule has 4 heteroatoms. The number of ketones is 1.